The van der Waals surface area contributed by atoms with Crippen LogP contribution in [0.1, 0.15) is 12.0 Å². The van der Waals surface area contributed by atoms with Crippen molar-refractivity contribution in [2.75, 3.05) is 5.32 Å². The minimum absolute atomic E-state index is 0.173. The van der Waals surface area contributed by atoms with Crippen molar-refractivity contribution in [3.05, 3.63) is 41.5 Å². The van der Waals surface area contributed by atoms with Crippen LogP contribution in [0.15, 0.2) is 24.3 Å². The lowest BCUT2D eigenvalue weighted by molar-refractivity contribution is -0.118. The van der Waals surface area contributed by atoms with Gasteiger partial charge in [-0.15, -0.1) is 0 Å². The molecular weight excluding hydrogens is 238 g/mol. The second-order valence-electron chi connectivity index (χ2n) is 4.43. The summed E-state index contributed by atoms with van der Waals surface area (Å²) in [7, 11) is 0. The topological polar surface area (TPSA) is 55.1 Å². The second-order valence-corrected chi connectivity index (χ2v) is 4.43. The summed E-state index contributed by atoms with van der Waals surface area (Å²) in [4.78, 5) is 11.8. The lowest BCUT2D eigenvalue weighted by Gasteiger charge is -2.12. The monoisotopic (exact) mass is 252 g/mol. The Labute approximate surface area is 104 Å². The fourth-order valence-electron chi connectivity index (χ4n) is 1.91. The van der Waals surface area contributed by atoms with E-state index in [1.165, 1.54) is 13.0 Å². The lowest BCUT2D eigenvalue weighted by atomic mass is 10.1. The highest BCUT2D eigenvalue weighted by molar-refractivity contribution is 5.94. The van der Waals surface area contributed by atoms with Crippen molar-refractivity contribution in [2.24, 2.45) is 11.7 Å². The quantitative estimate of drug-likeness (QED) is 0.792. The van der Waals surface area contributed by atoms with Gasteiger partial charge in [-0.05, 0) is 25.0 Å². The average molecular weight is 252 g/mol. The Balaban J connectivity index is 2.17. The van der Waals surface area contributed by atoms with Crippen LogP contribution in [0, 0.1) is 24.5 Å². The summed E-state index contributed by atoms with van der Waals surface area (Å²) in [5.74, 6) is -2.39. The molecule has 3 nitrogen and oxygen atoms in total. The van der Waals surface area contributed by atoms with E-state index in [9.17, 15) is 13.6 Å². The van der Waals surface area contributed by atoms with E-state index in [-0.39, 0.29) is 11.6 Å². The molecule has 5 heteroatoms. The van der Waals surface area contributed by atoms with Gasteiger partial charge in [-0.2, -0.15) is 0 Å². The molecule has 0 heterocycles. The third-order valence-electron chi connectivity index (χ3n) is 2.99. The van der Waals surface area contributed by atoms with Crippen LogP contribution in [0.5, 0.6) is 0 Å². The molecule has 2 atom stereocenters. The van der Waals surface area contributed by atoms with Gasteiger partial charge in [0.2, 0.25) is 5.91 Å². The maximum absolute atomic E-state index is 13.7. The van der Waals surface area contributed by atoms with Crippen molar-refractivity contribution in [3.8, 4) is 0 Å². The van der Waals surface area contributed by atoms with Gasteiger partial charge in [-0.3, -0.25) is 4.79 Å². The molecule has 0 aromatic heterocycles. The van der Waals surface area contributed by atoms with Crippen LogP contribution in [0.25, 0.3) is 0 Å². The molecule has 0 saturated carbocycles. The summed E-state index contributed by atoms with van der Waals surface area (Å²) >= 11 is 0. The summed E-state index contributed by atoms with van der Waals surface area (Å²) in [5.41, 5.74) is 5.51. The number of carbonyl (C=O) groups is 1. The fraction of sp³-hybridized carbons (Fsp3) is 0.308. The standard InChI is InChI=1S/C13H14F2N2O/c1-7-2-5-10(14)12(11(7)15)17-13(18)8-3-4-9(16)6-8/h2-5,8-9H,6,16H2,1H3,(H,17,18). The van der Waals surface area contributed by atoms with Crippen LogP contribution >= 0.6 is 0 Å². The Bertz CT molecular complexity index is 514. The van der Waals surface area contributed by atoms with Crippen molar-refractivity contribution >= 4 is 11.6 Å². The van der Waals surface area contributed by atoms with E-state index in [0.29, 0.717) is 6.42 Å². The molecule has 1 aliphatic rings. The highest BCUT2D eigenvalue weighted by Gasteiger charge is 2.24. The number of benzene rings is 1. The molecule has 2 rings (SSSR count). The Kier molecular flexibility index (Phi) is 3.43. The number of carbonyl (C=O) groups excluding carboxylic acids is 1. The number of aryl methyl sites for hydroxylation is 1. The van der Waals surface area contributed by atoms with Crippen LogP contribution < -0.4 is 11.1 Å². The zero-order chi connectivity index (χ0) is 13.3. The van der Waals surface area contributed by atoms with E-state index in [1.54, 1.807) is 12.2 Å². The van der Waals surface area contributed by atoms with Crippen molar-refractivity contribution < 1.29 is 13.6 Å². The zero-order valence-corrected chi connectivity index (χ0v) is 9.91. The first-order valence-electron chi connectivity index (χ1n) is 5.68. The number of anilines is 1. The van der Waals surface area contributed by atoms with E-state index < -0.39 is 29.1 Å². The van der Waals surface area contributed by atoms with E-state index in [1.807, 2.05) is 0 Å². The highest BCUT2D eigenvalue weighted by Crippen LogP contribution is 2.24. The molecule has 0 fully saturated rings. The van der Waals surface area contributed by atoms with Crippen molar-refractivity contribution in [1.82, 2.24) is 0 Å². The van der Waals surface area contributed by atoms with Crippen LogP contribution in [-0.2, 0) is 4.79 Å². The number of hydrogen-bond acceptors (Lipinski definition) is 2. The summed E-state index contributed by atoms with van der Waals surface area (Å²) in [6, 6.07) is 2.28. The predicted molar refractivity (Wildman–Crippen MR) is 64.9 cm³/mol. The largest absolute Gasteiger partial charge is 0.324 e. The Morgan fingerprint density at radius 1 is 1.39 bits per heavy atom. The van der Waals surface area contributed by atoms with Gasteiger partial charge in [0.05, 0.1) is 5.92 Å². The second kappa shape index (κ2) is 4.86. The average Bonchev–Trinajstić information content (AvgIpc) is 2.76. The molecule has 1 aromatic carbocycles. The van der Waals surface area contributed by atoms with Crippen LogP contribution in [-0.4, -0.2) is 11.9 Å². The summed E-state index contributed by atoms with van der Waals surface area (Å²) < 4.78 is 27.1. The first-order valence-corrected chi connectivity index (χ1v) is 5.68. The van der Waals surface area contributed by atoms with Crippen molar-refractivity contribution in [1.29, 1.82) is 0 Å². The van der Waals surface area contributed by atoms with Crippen LogP contribution in [0.4, 0.5) is 14.5 Å². The predicted octanol–water partition coefficient (Wildman–Crippen LogP) is 2.12. The van der Waals surface area contributed by atoms with Gasteiger partial charge >= 0.3 is 0 Å². The van der Waals surface area contributed by atoms with Gasteiger partial charge < -0.3 is 11.1 Å². The normalized spacial score (nSPS) is 22.2. The molecule has 2 unspecified atom stereocenters. The van der Waals surface area contributed by atoms with Gasteiger partial charge in [0.1, 0.15) is 11.5 Å². The molecule has 0 aliphatic heterocycles. The molecule has 1 aromatic rings. The van der Waals surface area contributed by atoms with Gasteiger partial charge in [0.15, 0.2) is 5.82 Å². The molecule has 1 aliphatic carbocycles. The molecular formula is C13H14F2N2O. The maximum atomic E-state index is 13.7. The number of rotatable bonds is 2. The molecule has 96 valence electrons. The molecule has 1 amide bonds. The van der Waals surface area contributed by atoms with E-state index in [4.69, 9.17) is 5.73 Å². The highest BCUT2D eigenvalue weighted by atomic mass is 19.1. The zero-order valence-electron chi connectivity index (χ0n) is 9.91. The Morgan fingerprint density at radius 3 is 2.72 bits per heavy atom. The van der Waals surface area contributed by atoms with Gasteiger partial charge in [-0.1, -0.05) is 18.2 Å². The molecule has 0 radical (unpaired) electrons. The minimum atomic E-state index is -0.780. The van der Waals surface area contributed by atoms with E-state index in [2.05, 4.69) is 5.32 Å². The number of halogens is 2. The van der Waals surface area contributed by atoms with Crippen molar-refractivity contribution in [3.63, 3.8) is 0 Å². The molecule has 18 heavy (non-hydrogen) atoms. The number of nitrogens with two attached hydrogens (primary N) is 1. The first kappa shape index (κ1) is 12.7. The van der Waals surface area contributed by atoms with Crippen molar-refractivity contribution in [2.45, 2.75) is 19.4 Å². The fourth-order valence-corrected chi connectivity index (χ4v) is 1.91. The van der Waals surface area contributed by atoms with E-state index >= 15 is 0 Å². The summed E-state index contributed by atoms with van der Waals surface area (Å²) in [5, 5.41) is 2.29. The summed E-state index contributed by atoms with van der Waals surface area (Å²) in [6.45, 7) is 1.51. The Morgan fingerprint density at radius 2 is 2.11 bits per heavy atom. The lowest BCUT2D eigenvalue weighted by Crippen LogP contribution is -2.25. The van der Waals surface area contributed by atoms with Crippen LogP contribution in [0.3, 0.4) is 0 Å². The third-order valence-corrected chi connectivity index (χ3v) is 2.99. The molecule has 0 saturated heterocycles. The SMILES string of the molecule is Cc1ccc(F)c(NC(=O)C2C=CC(N)C2)c1F. The van der Waals surface area contributed by atoms with Crippen LogP contribution in [0.2, 0.25) is 0 Å². The first-order chi connectivity index (χ1) is 8.49. The van der Waals surface area contributed by atoms with Gasteiger partial charge in [0.25, 0.3) is 0 Å². The van der Waals surface area contributed by atoms with Gasteiger partial charge in [0, 0.05) is 6.04 Å². The maximum Gasteiger partial charge on any atom is 0.231 e. The molecule has 0 spiro atoms. The molecule has 0 bridgehead atoms. The number of amides is 1. The van der Waals surface area contributed by atoms with Gasteiger partial charge in [-0.25, -0.2) is 8.78 Å². The van der Waals surface area contributed by atoms with E-state index in [0.717, 1.165) is 6.07 Å². The Hall–Kier alpha value is -1.75. The third kappa shape index (κ3) is 2.41. The smallest absolute Gasteiger partial charge is 0.231 e. The minimum Gasteiger partial charge on any atom is -0.324 e. The molecule has 3 N–H and O–H groups in total. The number of nitrogens with one attached hydrogen (secondary N) is 1. The summed E-state index contributed by atoms with van der Waals surface area (Å²) in [6.07, 6.45) is 3.83. The number of hydrogen-bond donors (Lipinski definition) is 2.